The average Bonchev–Trinajstić information content (AvgIpc) is 3.07. The van der Waals surface area contributed by atoms with E-state index in [9.17, 15) is 0 Å². The Balaban J connectivity index is 2.25. The van der Waals surface area contributed by atoms with Gasteiger partial charge < -0.3 is 10.5 Å². The molecule has 102 valence electrons. The Kier molecular flexibility index (Phi) is 2.90. The Hall–Kier alpha value is -2.76. The maximum atomic E-state index is 6.02. The fraction of sp³-hybridized carbons (Fsp3) is 0.143. The molecule has 0 spiro atoms. The lowest BCUT2D eigenvalue weighted by Gasteiger charge is -2.10. The summed E-state index contributed by atoms with van der Waals surface area (Å²) in [6.45, 7) is 2.02. The minimum absolute atomic E-state index is 0.435. The molecule has 0 radical (unpaired) electrons. The van der Waals surface area contributed by atoms with Crippen molar-refractivity contribution < 1.29 is 4.74 Å². The molecule has 3 rings (SSSR count). The summed E-state index contributed by atoms with van der Waals surface area (Å²) < 4.78 is 5.43. The van der Waals surface area contributed by atoms with E-state index in [1.54, 1.807) is 19.5 Å². The fourth-order valence-corrected chi connectivity index (χ4v) is 2.24. The first-order chi connectivity index (χ1) is 9.70. The number of methoxy groups -OCH3 is 1. The fourth-order valence-electron chi connectivity index (χ4n) is 2.24. The summed E-state index contributed by atoms with van der Waals surface area (Å²) in [5.74, 6) is 1.19. The predicted molar refractivity (Wildman–Crippen MR) is 77.3 cm³/mol. The number of nitrogens with one attached hydrogen (secondary N) is 2. The van der Waals surface area contributed by atoms with Crippen molar-refractivity contribution in [2.45, 2.75) is 6.92 Å². The molecule has 6 heteroatoms. The van der Waals surface area contributed by atoms with Gasteiger partial charge in [-0.05, 0) is 19.1 Å². The summed E-state index contributed by atoms with van der Waals surface area (Å²) in [5, 5.41) is 13.8. The second-order valence-electron chi connectivity index (χ2n) is 4.55. The lowest BCUT2D eigenvalue weighted by molar-refractivity contribution is 0.416. The van der Waals surface area contributed by atoms with Gasteiger partial charge in [-0.2, -0.15) is 10.2 Å². The molecule has 0 saturated heterocycles. The molecule has 0 atom stereocenters. The van der Waals surface area contributed by atoms with Crippen LogP contribution in [-0.4, -0.2) is 27.5 Å². The van der Waals surface area contributed by atoms with Crippen molar-refractivity contribution in [1.29, 1.82) is 0 Å². The van der Waals surface area contributed by atoms with Crippen LogP contribution in [0.1, 0.15) is 5.56 Å². The standard InChI is InChI=1S/C14H15N5O/c1-8-3-4-11(20-2)10(5-8)12-13(18-19-14(12)15)9-6-16-17-7-9/h3-7H,1-2H3,(H,16,17)(H3,15,18,19). The number of aryl methyl sites for hydroxylation is 1. The van der Waals surface area contributed by atoms with Crippen molar-refractivity contribution in [2.24, 2.45) is 0 Å². The number of aromatic nitrogens is 4. The monoisotopic (exact) mass is 269 g/mol. The third kappa shape index (κ3) is 1.91. The maximum Gasteiger partial charge on any atom is 0.153 e. The van der Waals surface area contributed by atoms with Crippen LogP contribution in [0.4, 0.5) is 5.82 Å². The highest BCUT2D eigenvalue weighted by Gasteiger charge is 2.18. The number of benzene rings is 1. The van der Waals surface area contributed by atoms with Gasteiger partial charge in [0.2, 0.25) is 0 Å². The number of hydrogen-bond acceptors (Lipinski definition) is 4. The van der Waals surface area contributed by atoms with E-state index in [0.29, 0.717) is 5.82 Å². The second kappa shape index (κ2) is 4.73. The molecule has 0 fully saturated rings. The van der Waals surface area contributed by atoms with Crippen molar-refractivity contribution in [3.8, 4) is 28.1 Å². The molecule has 0 aliphatic rings. The number of H-pyrrole nitrogens is 2. The van der Waals surface area contributed by atoms with Gasteiger partial charge in [-0.15, -0.1) is 0 Å². The summed E-state index contributed by atoms with van der Waals surface area (Å²) in [6, 6.07) is 5.95. The average molecular weight is 269 g/mol. The molecule has 0 aliphatic carbocycles. The Morgan fingerprint density at radius 3 is 2.85 bits per heavy atom. The lowest BCUT2D eigenvalue weighted by Crippen LogP contribution is -1.93. The number of nitrogen functional groups attached to an aromatic ring is 1. The molecule has 6 nitrogen and oxygen atoms in total. The molecule has 1 aromatic carbocycles. The topological polar surface area (TPSA) is 92.6 Å². The minimum Gasteiger partial charge on any atom is -0.496 e. The molecule has 2 heterocycles. The zero-order valence-corrected chi connectivity index (χ0v) is 11.3. The van der Waals surface area contributed by atoms with Gasteiger partial charge in [0.1, 0.15) is 5.75 Å². The summed E-state index contributed by atoms with van der Waals surface area (Å²) >= 11 is 0. The molecule has 3 aromatic rings. The van der Waals surface area contributed by atoms with E-state index in [2.05, 4.69) is 20.4 Å². The van der Waals surface area contributed by atoms with Gasteiger partial charge in [0, 0.05) is 17.3 Å². The Morgan fingerprint density at radius 1 is 1.30 bits per heavy atom. The van der Waals surface area contributed by atoms with E-state index >= 15 is 0 Å². The van der Waals surface area contributed by atoms with Crippen LogP contribution >= 0.6 is 0 Å². The van der Waals surface area contributed by atoms with E-state index in [0.717, 1.165) is 33.7 Å². The van der Waals surface area contributed by atoms with Crippen LogP contribution in [0.2, 0.25) is 0 Å². The van der Waals surface area contributed by atoms with Crippen LogP contribution in [0, 0.1) is 6.92 Å². The van der Waals surface area contributed by atoms with Gasteiger partial charge in [-0.3, -0.25) is 10.2 Å². The van der Waals surface area contributed by atoms with E-state index in [-0.39, 0.29) is 0 Å². The van der Waals surface area contributed by atoms with Crippen molar-refractivity contribution in [3.63, 3.8) is 0 Å². The van der Waals surface area contributed by atoms with Crippen molar-refractivity contribution >= 4 is 5.82 Å². The van der Waals surface area contributed by atoms with Crippen LogP contribution in [0.5, 0.6) is 5.75 Å². The van der Waals surface area contributed by atoms with Gasteiger partial charge in [-0.25, -0.2) is 0 Å². The van der Waals surface area contributed by atoms with Gasteiger partial charge in [-0.1, -0.05) is 11.6 Å². The highest BCUT2D eigenvalue weighted by Crippen LogP contribution is 2.39. The lowest BCUT2D eigenvalue weighted by atomic mass is 10.00. The number of rotatable bonds is 3. The van der Waals surface area contributed by atoms with E-state index in [1.165, 1.54) is 0 Å². The number of nitrogens with zero attached hydrogens (tertiary/aromatic N) is 2. The highest BCUT2D eigenvalue weighted by molar-refractivity contribution is 5.90. The zero-order chi connectivity index (χ0) is 14.1. The molecule has 0 aliphatic heterocycles. The number of aromatic amines is 2. The third-order valence-electron chi connectivity index (χ3n) is 3.21. The number of nitrogens with two attached hydrogens (primary N) is 1. The van der Waals surface area contributed by atoms with Gasteiger partial charge in [0.15, 0.2) is 5.82 Å². The van der Waals surface area contributed by atoms with E-state index in [4.69, 9.17) is 10.5 Å². The molecule has 0 bridgehead atoms. The van der Waals surface area contributed by atoms with Crippen molar-refractivity contribution in [1.82, 2.24) is 20.4 Å². The minimum atomic E-state index is 0.435. The van der Waals surface area contributed by atoms with Crippen molar-refractivity contribution in [2.75, 3.05) is 12.8 Å². The Labute approximate surface area is 116 Å². The largest absolute Gasteiger partial charge is 0.496 e. The third-order valence-corrected chi connectivity index (χ3v) is 3.21. The zero-order valence-electron chi connectivity index (χ0n) is 11.3. The first-order valence-electron chi connectivity index (χ1n) is 6.18. The quantitative estimate of drug-likeness (QED) is 0.680. The molecular weight excluding hydrogens is 254 g/mol. The van der Waals surface area contributed by atoms with E-state index < -0.39 is 0 Å². The Bertz CT molecular complexity index is 730. The maximum absolute atomic E-state index is 6.02. The van der Waals surface area contributed by atoms with Gasteiger partial charge in [0.05, 0.1) is 24.6 Å². The van der Waals surface area contributed by atoms with Crippen LogP contribution in [0.3, 0.4) is 0 Å². The van der Waals surface area contributed by atoms with E-state index in [1.807, 2.05) is 25.1 Å². The number of ether oxygens (including phenoxy) is 1. The first kappa shape index (κ1) is 12.3. The predicted octanol–water partition coefficient (Wildman–Crippen LogP) is 2.37. The molecule has 0 amide bonds. The van der Waals surface area contributed by atoms with Crippen LogP contribution in [0.25, 0.3) is 22.4 Å². The first-order valence-corrected chi connectivity index (χ1v) is 6.18. The van der Waals surface area contributed by atoms with Gasteiger partial charge in [0.25, 0.3) is 0 Å². The summed E-state index contributed by atoms with van der Waals surface area (Å²) in [6.07, 6.45) is 3.51. The molecule has 4 N–H and O–H groups in total. The second-order valence-corrected chi connectivity index (χ2v) is 4.55. The number of hydrogen-bond donors (Lipinski definition) is 3. The summed E-state index contributed by atoms with van der Waals surface area (Å²) in [4.78, 5) is 0. The van der Waals surface area contributed by atoms with Crippen LogP contribution in [0.15, 0.2) is 30.6 Å². The molecule has 2 aromatic heterocycles. The SMILES string of the molecule is COc1ccc(C)cc1-c1c(N)n[nH]c1-c1cn[nH]c1. The number of anilines is 1. The van der Waals surface area contributed by atoms with Gasteiger partial charge >= 0.3 is 0 Å². The van der Waals surface area contributed by atoms with Crippen LogP contribution in [-0.2, 0) is 0 Å². The molecular formula is C14H15N5O. The van der Waals surface area contributed by atoms with Crippen LogP contribution < -0.4 is 10.5 Å². The molecule has 0 saturated carbocycles. The smallest absolute Gasteiger partial charge is 0.153 e. The molecule has 20 heavy (non-hydrogen) atoms. The summed E-state index contributed by atoms with van der Waals surface area (Å²) in [7, 11) is 1.64. The highest BCUT2D eigenvalue weighted by atomic mass is 16.5. The summed E-state index contributed by atoms with van der Waals surface area (Å²) in [5.41, 5.74) is 10.6. The normalized spacial score (nSPS) is 10.7. The van der Waals surface area contributed by atoms with Crippen molar-refractivity contribution in [3.05, 3.63) is 36.2 Å². The molecule has 0 unspecified atom stereocenters. The Morgan fingerprint density at radius 2 is 2.15 bits per heavy atom.